The Hall–Kier alpha value is -6.90. The van der Waals surface area contributed by atoms with E-state index in [-0.39, 0.29) is 0 Å². The molecule has 54 heavy (non-hydrogen) atoms. The van der Waals surface area contributed by atoms with Crippen LogP contribution in [0.1, 0.15) is 17.5 Å². The number of hydrogen-bond acceptors (Lipinski definition) is 2. The molecule has 0 unspecified atom stereocenters. The lowest BCUT2D eigenvalue weighted by atomic mass is 9.85. The van der Waals surface area contributed by atoms with E-state index in [4.69, 9.17) is 9.97 Å². The number of benzene rings is 8. The highest BCUT2D eigenvalue weighted by molar-refractivity contribution is 6.13. The van der Waals surface area contributed by atoms with Crippen LogP contribution in [0.5, 0.6) is 0 Å². The molecule has 0 fully saturated rings. The van der Waals surface area contributed by atoms with Gasteiger partial charge in [-0.25, -0.2) is 9.97 Å². The van der Waals surface area contributed by atoms with Gasteiger partial charge in [-0.2, -0.15) is 0 Å². The van der Waals surface area contributed by atoms with E-state index in [2.05, 4.69) is 176 Å². The first kappa shape index (κ1) is 31.8. The predicted octanol–water partition coefficient (Wildman–Crippen LogP) is 13.7. The fraction of sp³-hybridized carbons (Fsp3) is 0.0385. The van der Waals surface area contributed by atoms with Crippen LogP contribution in [-0.2, 0) is 6.42 Å². The third-order valence-electron chi connectivity index (χ3n) is 10.7. The molecular weight excluding hydrogens is 653 g/mol. The first-order valence-electron chi connectivity index (χ1n) is 18.7. The van der Waals surface area contributed by atoms with Crippen molar-refractivity contribution < 1.29 is 0 Å². The number of rotatable bonds is 6. The molecule has 0 N–H and O–H groups in total. The van der Waals surface area contributed by atoms with Crippen molar-refractivity contribution in [1.29, 1.82) is 0 Å². The monoisotopic (exact) mass is 688 g/mol. The molecule has 0 aliphatic heterocycles. The first-order chi connectivity index (χ1) is 26.7. The van der Waals surface area contributed by atoms with Gasteiger partial charge in [-0.3, -0.25) is 0 Å². The lowest BCUT2D eigenvalue weighted by Gasteiger charge is -2.19. The zero-order valence-electron chi connectivity index (χ0n) is 29.8. The third-order valence-corrected chi connectivity index (χ3v) is 10.7. The quantitative estimate of drug-likeness (QED) is 0.163. The van der Waals surface area contributed by atoms with Gasteiger partial charge in [-0.1, -0.05) is 164 Å². The summed E-state index contributed by atoms with van der Waals surface area (Å²) in [7, 11) is 0. The Morgan fingerprint density at radius 2 is 0.815 bits per heavy atom. The van der Waals surface area contributed by atoms with E-state index in [1.54, 1.807) is 0 Å². The highest BCUT2D eigenvalue weighted by Crippen LogP contribution is 2.39. The maximum atomic E-state index is 5.15. The molecular formula is C52H36N2. The zero-order valence-corrected chi connectivity index (χ0v) is 29.8. The van der Waals surface area contributed by atoms with E-state index in [9.17, 15) is 0 Å². The Morgan fingerprint density at radius 3 is 1.46 bits per heavy atom. The van der Waals surface area contributed by atoms with Crippen LogP contribution in [0.3, 0.4) is 0 Å². The van der Waals surface area contributed by atoms with Crippen LogP contribution in [0, 0.1) is 0 Å². The van der Waals surface area contributed by atoms with Gasteiger partial charge < -0.3 is 0 Å². The van der Waals surface area contributed by atoms with Crippen LogP contribution in [0.25, 0.3) is 94.9 Å². The molecule has 254 valence electrons. The van der Waals surface area contributed by atoms with E-state index in [0.29, 0.717) is 5.82 Å². The molecule has 1 aromatic heterocycles. The van der Waals surface area contributed by atoms with E-state index in [1.807, 2.05) is 18.2 Å². The van der Waals surface area contributed by atoms with Gasteiger partial charge in [-0.15, -0.1) is 0 Å². The van der Waals surface area contributed by atoms with Gasteiger partial charge in [0.2, 0.25) is 0 Å². The minimum atomic E-state index is 0.711. The number of hydrogen-bond donors (Lipinski definition) is 0. The molecule has 0 radical (unpaired) electrons. The fourth-order valence-corrected chi connectivity index (χ4v) is 8.04. The smallest absolute Gasteiger partial charge is 0.160 e. The maximum Gasteiger partial charge on any atom is 0.160 e. The summed E-state index contributed by atoms with van der Waals surface area (Å²) in [5.74, 6) is 0.711. The van der Waals surface area contributed by atoms with E-state index in [0.717, 1.165) is 52.0 Å². The molecule has 1 aliphatic carbocycles. The van der Waals surface area contributed by atoms with E-state index < -0.39 is 0 Å². The molecule has 0 spiro atoms. The van der Waals surface area contributed by atoms with Crippen molar-refractivity contribution in [3.8, 4) is 67.3 Å². The molecule has 2 heteroatoms. The number of aromatic nitrogens is 2. The van der Waals surface area contributed by atoms with Gasteiger partial charge in [0.25, 0.3) is 0 Å². The van der Waals surface area contributed by atoms with Crippen molar-refractivity contribution in [2.75, 3.05) is 0 Å². The van der Waals surface area contributed by atoms with Gasteiger partial charge in [0.15, 0.2) is 5.82 Å². The molecule has 10 rings (SSSR count). The molecule has 1 heterocycles. The van der Waals surface area contributed by atoms with Crippen molar-refractivity contribution in [3.05, 3.63) is 199 Å². The lowest BCUT2D eigenvalue weighted by molar-refractivity contribution is 1.00. The van der Waals surface area contributed by atoms with Gasteiger partial charge in [0.05, 0.1) is 11.4 Å². The van der Waals surface area contributed by atoms with E-state index >= 15 is 0 Å². The topological polar surface area (TPSA) is 25.8 Å². The largest absolute Gasteiger partial charge is 0.228 e. The molecule has 0 atom stereocenters. The average Bonchev–Trinajstić information content (AvgIpc) is 3.27. The second kappa shape index (κ2) is 13.6. The molecule has 0 saturated heterocycles. The number of nitrogens with zero attached hydrogens (tertiary/aromatic N) is 2. The molecule has 2 nitrogen and oxygen atoms in total. The van der Waals surface area contributed by atoms with E-state index in [1.165, 1.54) is 54.9 Å². The Labute approximate surface area is 315 Å². The summed E-state index contributed by atoms with van der Waals surface area (Å²) < 4.78 is 0. The fourth-order valence-electron chi connectivity index (χ4n) is 8.04. The first-order valence-corrected chi connectivity index (χ1v) is 18.7. The maximum absolute atomic E-state index is 5.15. The Morgan fingerprint density at radius 1 is 0.333 bits per heavy atom. The van der Waals surface area contributed by atoms with Crippen LogP contribution >= 0.6 is 0 Å². The summed E-state index contributed by atoms with van der Waals surface area (Å²) in [6.45, 7) is 0. The lowest BCUT2D eigenvalue weighted by Crippen LogP contribution is -1.98. The second-order valence-corrected chi connectivity index (χ2v) is 14.1. The van der Waals surface area contributed by atoms with Gasteiger partial charge in [0.1, 0.15) is 0 Å². The normalized spacial score (nSPS) is 12.2. The summed E-state index contributed by atoms with van der Waals surface area (Å²) >= 11 is 0. The minimum Gasteiger partial charge on any atom is -0.228 e. The molecule has 9 aromatic rings. The highest BCUT2D eigenvalue weighted by Gasteiger charge is 2.16. The minimum absolute atomic E-state index is 0.711. The molecule has 0 amide bonds. The molecule has 1 aliphatic rings. The Balaban J connectivity index is 1.05. The third kappa shape index (κ3) is 5.88. The average molecular weight is 689 g/mol. The molecule has 0 bridgehead atoms. The van der Waals surface area contributed by atoms with Crippen molar-refractivity contribution >= 4 is 27.6 Å². The Kier molecular flexibility index (Phi) is 8.00. The number of aryl methyl sites for hydroxylation is 1. The van der Waals surface area contributed by atoms with Crippen LogP contribution < -0.4 is 0 Å². The second-order valence-electron chi connectivity index (χ2n) is 14.1. The Bertz CT molecular complexity index is 2870. The summed E-state index contributed by atoms with van der Waals surface area (Å²) in [4.78, 5) is 10.3. The number of allylic oxidation sites excluding steroid dienone is 1. The zero-order chi connectivity index (χ0) is 35.8. The summed E-state index contributed by atoms with van der Waals surface area (Å²) in [6.07, 6.45) is 6.79. The van der Waals surface area contributed by atoms with Crippen LogP contribution in [0.15, 0.2) is 188 Å². The highest BCUT2D eigenvalue weighted by atomic mass is 14.9. The van der Waals surface area contributed by atoms with Gasteiger partial charge in [-0.05, 0) is 109 Å². The standard InChI is InChI=1S/C52H36N2/c1-3-14-35(15-4-1)37-18-12-22-42(31-37)50-34-51(54-52(53-50)36-16-5-2-6-17-36)43-23-13-21-40(32-43)38-19-11-20-39(30-38)41-28-29-48-46-26-8-7-24-44(46)45-25-9-10-27-47(45)49(48)33-41/h1-9,11-26,28-34H,10,27H2. The molecule has 0 saturated carbocycles. The van der Waals surface area contributed by atoms with Crippen molar-refractivity contribution in [1.82, 2.24) is 9.97 Å². The van der Waals surface area contributed by atoms with Crippen LogP contribution in [-0.4, -0.2) is 9.97 Å². The summed E-state index contributed by atoms with van der Waals surface area (Å²) in [5.41, 5.74) is 14.8. The summed E-state index contributed by atoms with van der Waals surface area (Å²) in [6, 6.07) is 65.1. The van der Waals surface area contributed by atoms with Gasteiger partial charge in [0, 0.05) is 16.7 Å². The van der Waals surface area contributed by atoms with Crippen molar-refractivity contribution in [2.45, 2.75) is 12.8 Å². The van der Waals surface area contributed by atoms with Crippen LogP contribution in [0.4, 0.5) is 0 Å². The molecule has 8 aromatic carbocycles. The predicted molar refractivity (Wildman–Crippen MR) is 227 cm³/mol. The summed E-state index contributed by atoms with van der Waals surface area (Å²) in [5, 5.41) is 5.36. The van der Waals surface area contributed by atoms with Crippen molar-refractivity contribution in [3.63, 3.8) is 0 Å². The van der Waals surface area contributed by atoms with Gasteiger partial charge >= 0.3 is 0 Å². The number of fused-ring (bicyclic) bond motifs is 6. The van der Waals surface area contributed by atoms with Crippen molar-refractivity contribution in [2.24, 2.45) is 0 Å². The SMILES string of the molecule is C1=Cc2c(c3cc(-c4cccc(-c5cccc(-c6cc(-c7cccc(-c8ccccc8)c7)nc(-c7ccccc7)n6)c5)c4)ccc3c3ccccc23)CC1. The van der Waals surface area contributed by atoms with Crippen LogP contribution in [0.2, 0.25) is 0 Å².